The second-order valence-corrected chi connectivity index (χ2v) is 7.78. The van der Waals surface area contributed by atoms with E-state index in [4.69, 9.17) is 21.4 Å². The predicted octanol–water partition coefficient (Wildman–Crippen LogP) is 3.14. The summed E-state index contributed by atoms with van der Waals surface area (Å²) < 4.78 is 32.6. The Labute approximate surface area is 166 Å². The Kier molecular flexibility index (Phi) is 5.93. The summed E-state index contributed by atoms with van der Waals surface area (Å²) in [6.07, 6.45) is 1.19. The largest absolute Gasteiger partial charge is 0.457 e. The summed E-state index contributed by atoms with van der Waals surface area (Å²) in [6, 6.07) is 15.1. The van der Waals surface area contributed by atoms with E-state index in [1.807, 2.05) is 4.72 Å². The van der Waals surface area contributed by atoms with E-state index in [1.165, 1.54) is 36.5 Å². The van der Waals surface area contributed by atoms with Gasteiger partial charge < -0.3 is 9.84 Å². The van der Waals surface area contributed by atoms with E-state index in [-0.39, 0.29) is 22.8 Å². The Morgan fingerprint density at radius 2 is 1.82 bits per heavy atom. The normalized spacial score (nSPS) is 11.1. The van der Waals surface area contributed by atoms with Gasteiger partial charge in [0.15, 0.2) is 0 Å². The zero-order chi connectivity index (χ0) is 20.1. The first-order valence-corrected chi connectivity index (χ1v) is 9.90. The maximum Gasteiger partial charge on any atom is 0.266 e. The summed E-state index contributed by atoms with van der Waals surface area (Å²) in [4.78, 5) is 15.9. The summed E-state index contributed by atoms with van der Waals surface area (Å²) in [5.74, 6) is -0.0642. The minimum Gasteiger partial charge on any atom is -0.457 e. The van der Waals surface area contributed by atoms with Gasteiger partial charge in [-0.1, -0.05) is 17.7 Å². The average molecular weight is 419 g/mol. The number of hydrogen-bond acceptors (Lipinski definition) is 6. The van der Waals surface area contributed by atoms with Crippen LogP contribution in [0.2, 0.25) is 5.02 Å². The second-order valence-electron chi connectivity index (χ2n) is 5.66. The minimum absolute atomic E-state index is 0.0503. The smallest absolute Gasteiger partial charge is 0.266 e. The molecule has 0 saturated heterocycles. The molecule has 28 heavy (non-hydrogen) atoms. The van der Waals surface area contributed by atoms with Crippen LogP contribution in [0.15, 0.2) is 71.8 Å². The highest BCUT2D eigenvalue weighted by Gasteiger charge is 2.19. The van der Waals surface area contributed by atoms with Gasteiger partial charge in [0.05, 0.1) is 22.8 Å². The summed E-state index contributed by atoms with van der Waals surface area (Å²) in [5.41, 5.74) is 0.417. The molecule has 0 saturated carbocycles. The van der Waals surface area contributed by atoms with Gasteiger partial charge in [-0.05, 0) is 48.5 Å². The van der Waals surface area contributed by atoms with Crippen molar-refractivity contribution in [1.82, 2.24) is 9.71 Å². The molecule has 9 heteroatoms. The predicted molar refractivity (Wildman–Crippen MR) is 103 cm³/mol. The van der Waals surface area contributed by atoms with Crippen molar-refractivity contribution in [2.45, 2.75) is 11.5 Å². The van der Waals surface area contributed by atoms with E-state index in [0.29, 0.717) is 16.5 Å². The first-order valence-electron chi connectivity index (χ1n) is 8.04. The molecular weight excluding hydrogens is 404 g/mol. The van der Waals surface area contributed by atoms with E-state index < -0.39 is 15.9 Å². The van der Waals surface area contributed by atoms with Gasteiger partial charge in [-0.2, -0.15) is 0 Å². The molecule has 1 aromatic heterocycles. The van der Waals surface area contributed by atoms with Crippen molar-refractivity contribution in [3.8, 4) is 11.5 Å². The summed E-state index contributed by atoms with van der Waals surface area (Å²) in [6.45, 7) is -0.277. The first kappa shape index (κ1) is 19.8. The quantitative estimate of drug-likeness (QED) is 0.637. The third-order valence-corrected chi connectivity index (χ3v) is 5.22. The average Bonchev–Trinajstić information content (AvgIpc) is 2.70. The number of hydrogen-bond donors (Lipinski definition) is 2. The van der Waals surface area contributed by atoms with Gasteiger partial charge in [0, 0.05) is 17.3 Å². The topological polar surface area (TPSA) is 106 Å². The molecule has 2 aromatic carbocycles. The maximum absolute atomic E-state index is 12.5. The number of nitrogens with zero attached hydrogens (tertiary/aromatic N) is 1. The molecular formula is C19H15ClN2O5S. The Balaban J connectivity index is 1.77. The molecule has 1 amide bonds. The summed E-state index contributed by atoms with van der Waals surface area (Å²) in [5, 5.41) is 9.52. The van der Waals surface area contributed by atoms with Crippen LogP contribution in [0.5, 0.6) is 11.5 Å². The molecule has 0 aliphatic rings. The Morgan fingerprint density at radius 3 is 2.46 bits per heavy atom. The van der Waals surface area contributed by atoms with Crippen LogP contribution in [0.4, 0.5) is 0 Å². The lowest BCUT2D eigenvalue weighted by Gasteiger charge is -2.10. The number of aliphatic hydroxyl groups is 1. The number of aromatic nitrogens is 1. The Bertz CT molecular complexity index is 1080. The number of carbonyl (C=O) groups excluding carboxylic acids is 1. The van der Waals surface area contributed by atoms with Gasteiger partial charge in [0.1, 0.15) is 11.5 Å². The van der Waals surface area contributed by atoms with Crippen LogP contribution in [-0.4, -0.2) is 24.4 Å². The number of nitrogens with one attached hydrogen (secondary N) is 1. The van der Waals surface area contributed by atoms with Crippen molar-refractivity contribution in [2.75, 3.05) is 0 Å². The molecule has 0 fully saturated rings. The number of rotatable bonds is 6. The molecule has 0 atom stereocenters. The number of benzene rings is 2. The van der Waals surface area contributed by atoms with Crippen molar-refractivity contribution in [3.63, 3.8) is 0 Å². The fourth-order valence-electron chi connectivity index (χ4n) is 2.24. The molecule has 0 aliphatic heterocycles. The molecule has 2 N–H and O–H groups in total. The summed E-state index contributed by atoms with van der Waals surface area (Å²) in [7, 11) is -4.12. The number of aliphatic hydroxyl groups excluding tert-OH is 1. The molecule has 0 radical (unpaired) electrons. The van der Waals surface area contributed by atoms with Crippen molar-refractivity contribution in [1.29, 1.82) is 0 Å². The number of pyridine rings is 1. The van der Waals surface area contributed by atoms with Gasteiger partial charge in [0.25, 0.3) is 15.9 Å². The SMILES string of the molecule is O=C(NS(=O)(=O)c1cccc(Oc2ccc(Cl)cc2)c1)c1ccc(CO)nc1. The lowest BCUT2D eigenvalue weighted by Crippen LogP contribution is -2.30. The number of sulfonamides is 1. The van der Waals surface area contributed by atoms with Gasteiger partial charge in [-0.15, -0.1) is 0 Å². The van der Waals surface area contributed by atoms with Crippen molar-refractivity contribution >= 4 is 27.5 Å². The molecule has 0 spiro atoms. The monoisotopic (exact) mass is 418 g/mol. The zero-order valence-electron chi connectivity index (χ0n) is 14.4. The van der Waals surface area contributed by atoms with Crippen LogP contribution in [-0.2, 0) is 16.6 Å². The minimum atomic E-state index is -4.12. The van der Waals surface area contributed by atoms with Crippen LogP contribution in [0.1, 0.15) is 16.1 Å². The Morgan fingerprint density at radius 1 is 1.07 bits per heavy atom. The fraction of sp³-hybridized carbons (Fsp3) is 0.0526. The van der Waals surface area contributed by atoms with Crippen molar-refractivity contribution in [2.24, 2.45) is 0 Å². The molecule has 3 rings (SSSR count). The molecule has 3 aromatic rings. The van der Waals surface area contributed by atoms with Crippen molar-refractivity contribution in [3.05, 3.63) is 83.1 Å². The van der Waals surface area contributed by atoms with Crippen LogP contribution < -0.4 is 9.46 Å². The van der Waals surface area contributed by atoms with Gasteiger partial charge in [-0.3, -0.25) is 9.78 Å². The maximum atomic E-state index is 12.5. The number of halogens is 1. The number of ether oxygens (including phenoxy) is 1. The van der Waals surface area contributed by atoms with Gasteiger partial charge >= 0.3 is 0 Å². The highest BCUT2D eigenvalue weighted by Crippen LogP contribution is 2.25. The van der Waals surface area contributed by atoms with Crippen LogP contribution in [0.25, 0.3) is 0 Å². The van der Waals surface area contributed by atoms with Gasteiger partial charge in [0.2, 0.25) is 0 Å². The summed E-state index contributed by atoms with van der Waals surface area (Å²) >= 11 is 5.82. The number of carbonyl (C=O) groups is 1. The lowest BCUT2D eigenvalue weighted by atomic mass is 10.2. The molecule has 144 valence electrons. The van der Waals surface area contributed by atoms with E-state index in [1.54, 1.807) is 30.3 Å². The van der Waals surface area contributed by atoms with E-state index in [2.05, 4.69) is 4.98 Å². The van der Waals surface area contributed by atoms with E-state index >= 15 is 0 Å². The molecule has 7 nitrogen and oxygen atoms in total. The van der Waals surface area contributed by atoms with E-state index in [0.717, 1.165) is 0 Å². The zero-order valence-corrected chi connectivity index (χ0v) is 15.9. The molecule has 1 heterocycles. The standard InChI is InChI=1S/C19H15ClN2O5S/c20-14-5-8-16(9-6-14)27-17-2-1-3-18(10-17)28(25,26)22-19(24)13-4-7-15(12-23)21-11-13/h1-11,23H,12H2,(H,22,24). The third-order valence-electron chi connectivity index (χ3n) is 3.64. The van der Waals surface area contributed by atoms with Crippen molar-refractivity contribution < 1.29 is 23.1 Å². The van der Waals surface area contributed by atoms with Crippen LogP contribution in [0.3, 0.4) is 0 Å². The van der Waals surface area contributed by atoms with Gasteiger partial charge in [-0.25, -0.2) is 13.1 Å². The Hall–Kier alpha value is -2.94. The molecule has 0 aliphatic carbocycles. The van der Waals surface area contributed by atoms with Crippen LogP contribution >= 0.6 is 11.6 Å². The van der Waals surface area contributed by atoms with Crippen LogP contribution in [0, 0.1) is 0 Å². The van der Waals surface area contributed by atoms with E-state index in [9.17, 15) is 13.2 Å². The molecule has 0 bridgehead atoms. The highest BCUT2D eigenvalue weighted by atomic mass is 35.5. The highest BCUT2D eigenvalue weighted by molar-refractivity contribution is 7.90. The lowest BCUT2D eigenvalue weighted by molar-refractivity contribution is 0.0981. The second kappa shape index (κ2) is 8.39. The number of amides is 1. The molecule has 0 unspecified atom stereocenters. The fourth-order valence-corrected chi connectivity index (χ4v) is 3.37. The third kappa shape index (κ3) is 4.86. The first-order chi connectivity index (χ1) is 13.4.